The maximum atomic E-state index is 4.79. The molecule has 0 aliphatic carbocycles. The average molecular weight is 112 g/mol. The third-order valence-electron chi connectivity index (χ3n) is 0.733. The average Bonchev–Trinajstić information content (AvgIpc) is 1.62. The van der Waals surface area contributed by atoms with Crippen molar-refractivity contribution in [1.29, 1.82) is 0 Å². The first kappa shape index (κ1) is 5.03. The Labute approximate surface area is 48.0 Å². The summed E-state index contributed by atoms with van der Waals surface area (Å²) >= 11 is 0. The largest absolute Gasteiger partial charge is 0.470 e. The highest BCUT2D eigenvalue weighted by atomic mass is 16.5. The molecular formula is C5H8N2O. The van der Waals surface area contributed by atoms with Gasteiger partial charge < -0.3 is 15.4 Å². The van der Waals surface area contributed by atoms with Gasteiger partial charge in [0, 0.05) is 12.4 Å². The molecule has 0 spiro atoms. The standard InChI is InChI=1S/C5H8N2O/c1-3-8-4-2-7-5-6-1/h1-4,6-7H,5H2/b3-1-,4-2?. The van der Waals surface area contributed by atoms with Crippen LogP contribution in [0.1, 0.15) is 0 Å². The molecule has 1 aliphatic rings. The van der Waals surface area contributed by atoms with E-state index in [2.05, 4.69) is 10.6 Å². The van der Waals surface area contributed by atoms with Gasteiger partial charge in [0.25, 0.3) is 0 Å². The first-order chi connectivity index (χ1) is 4.00. The van der Waals surface area contributed by atoms with E-state index in [1.807, 2.05) is 0 Å². The molecular weight excluding hydrogens is 104 g/mol. The second kappa shape index (κ2) is 2.96. The molecule has 0 bridgehead atoms. The summed E-state index contributed by atoms with van der Waals surface area (Å²) in [6.07, 6.45) is 6.63. The molecule has 1 rings (SSSR count). The number of hydrogen-bond acceptors (Lipinski definition) is 3. The van der Waals surface area contributed by atoms with Gasteiger partial charge in [-0.1, -0.05) is 0 Å². The van der Waals surface area contributed by atoms with E-state index < -0.39 is 0 Å². The Morgan fingerprint density at radius 3 is 2.38 bits per heavy atom. The van der Waals surface area contributed by atoms with Crippen molar-refractivity contribution >= 4 is 0 Å². The van der Waals surface area contributed by atoms with Gasteiger partial charge >= 0.3 is 0 Å². The van der Waals surface area contributed by atoms with Crippen molar-refractivity contribution in [3.05, 3.63) is 24.9 Å². The SMILES string of the molecule is C1=CO/C=C\NCN1. The number of hydrogen-bond donors (Lipinski definition) is 2. The molecule has 0 amide bonds. The van der Waals surface area contributed by atoms with Gasteiger partial charge in [-0.05, 0) is 0 Å². The van der Waals surface area contributed by atoms with Crippen molar-refractivity contribution in [2.24, 2.45) is 0 Å². The highest BCUT2D eigenvalue weighted by molar-refractivity contribution is 4.80. The first-order valence-electron chi connectivity index (χ1n) is 2.42. The molecule has 1 aliphatic heterocycles. The van der Waals surface area contributed by atoms with Crippen LogP contribution in [0.25, 0.3) is 0 Å². The molecule has 1 heterocycles. The van der Waals surface area contributed by atoms with E-state index in [9.17, 15) is 0 Å². The van der Waals surface area contributed by atoms with Crippen molar-refractivity contribution in [2.75, 3.05) is 6.67 Å². The fourth-order valence-electron chi connectivity index (χ4n) is 0.397. The third-order valence-corrected chi connectivity index (χ3v) is 0.733. The Morgan fingerprint density at radius 1 is 1.12 bits per heavy atom. The maximum Gasteiger partial charge on any atom is 0.106 e. The Balaban J connectivity index is 2.31. The topological polar surface area (TPSA) is 33.3 Å². The minimum absolute atomic E-state index is 0.746. The molecule has 0 aromatic carbocycles. The van der Waals surface area contributed by atoms with Gasteiger partial charge in [0.1, 0.15) is 12.5 Å². The van der Waals surface area contributed by atoms with Gasteiger partial charge in [-0.25, -0.2) is 0 Å². The molecule has 0 fully saturated rings. The molecule has 44 valence electrons. The summed E-state index contributed by atoms with van der Waals surface area (Å²) in [7, 11) is 0. The van der Waals surface area contributed by atoms with E-state index in [0.29, 0.717) is 0 Å². The number of ether oxygens (including phenoxy) is 1. The monoisotopic (exact) mass is 112 g/mol. The van der Waals surface area contributed by atoms with Gasteiger partial charge in [0.15, 0.2) is 0 Å². The summed E-state index contributed by atoms with van der Waals surface area (Å²) in [6, 6.07) is 0. The van der Waals surface area contributed by atoms with Crippen LogP contribution < -0.4 is 10.6 Å². The minimum Gasteiger partial charge on any atom is -0.470 e. The van der Waals surface area contributed by atoms with Crippen LogP contribution in [0, 0.1) is 0 Å². The fraction of sp³-hybridized carbons (Fsp3) is 0.200. The smallest absolute Gasteiger partial charge is 0.106 e. The Kier molecular flexibility index (Phi) is 1.86. The van der Waals surface area contributed by atoms with Crippen LogP contribution >= 0.6 is 0 Å². The van der Waals surface area contributed by atoms with Gasteiger partial charge in [0.05, 0.1) is 6.67 Å². The van der Waals surface area contributed by atoms with Crippen LogP contribution in [0.3, 0.4) is 0 Å². The van der Waals surface area contributed by atoms with E-state index in [0.717, 1.165) is 6.67 Å². The van der Waals surface area contributed by atoms with E-state index in [-0.39, 0.29) is 0 Å². The highest BCUT2D eigenvalue weighted by Gasteiger charge is 1.76. The van der Waals surface area contributed by atoms with Gasteiger partial charge in [-0.15, -0.1) is 0 Å². The van der Waals surface area contributed by atoms with Gasteiger partial charge in [0.2, 0.25) is 0 Å². The lowest BCUT2D eigenvalue weighted by atomic mass is 10.8. The lowest BCUT2D eigenvalue weighted by Crippen LogP contribution is -2.21. The molecule has 8 heavy (non-hydrogen) atoms. The lowest BCUT2D eigenvalue weighted by molar-refractivity contribution is 0.391. The second-order valence-corrected chi connectivity index (χ2v) is 1.33. The molecule has 0 saturated heterocycles. The zero-order valence-electron chi connectivity index (χ0n) is 4.42. The van der Waals surface area contributed by atoms with Crippen molar-refractivity contribution in [2.45, 2.75) is 0 Å². The van der Waals surface area contributed by atoms with Crippen LogP contribution in [-0.4, -0.2) is 6.67 Å². The van der Waals surface area contributed by atoms with Crippen molar-refractivity contribution in [3.8, 4) is 0 Å². The molecule has 0 aromatic rings. The zero-order valence-corrected chi connectivity index (χ0v) is 4.42. The molecule has 0 saturated carbocycles. The minimum atomic E-state index is 0.746. The normalized spacial score (nSPS) is 21.0. The predicted octanol–water partition coefficient (Wildman–Crippen LogP) is 0.0957. The van der Waals surface area contributed by atoms with Crippen molar-refractivity contribution < 1.29 is 4.74 Å². The molecule has 0 radical (unpaired) electrons. The molecule has 0 aromatic heterocycles. The summed E-state index contributed by atoms with van der Waals surface area (Å²) in [4.78, 5) is 0. The van der Waals surface area contributed by atoms with E-state index in [1.54, 1.807) is 24.9 Å². The molecule has 0 unspecified atom stereocenters. The van der Waals surface area contributed by atoms with Gasteiger partial charge in [-0.3, -0.25) is 0 Å². The number of nitrogens with one attached hydrogen (secondary N) is 2. The highest BCUT2D eigenvalue weighted by Crippen LogP contribution is 1.78. The lowest BCUT2D eigenvalue weighted by Gasteiger charge is -2.01. The van der Waals surface area contributed by atoms with Crippen molar-refractivity contribution in [3.63, 3.8) is 0 Å². The van der Waals surface area contributed by atoms with Crippen LogP contribution in [0.2, 0.25) is 0 Å². The third kappa shape index (κ3) is 1.55. The molecule has 3 nitrogen and oxygen atoms in total. The zero-order chi connectivity index (χ0) is 5.66. The first-order valence-corrected chi connectivity index (χ1v) is 2.42. The molecule has 2 N–H and O–H groups in total. The molecule has 0 atom stereocenters. The van der Waals surface area contributed by atoms with E-state index >= 15 is 0 Å². The Hall–Kier alpha value is -1.12. The summed E-state index contributed by atoms with van der Waals surface area (Å²) in [5, 5.41) is 5.84. The second-order valence-electron chi connectivity index (χ2n) is 1.33. The van der Waals surface area contributed by atoms with Crippen LogP contribution in [0.15, 0.2) is 24.9 Å². The van der Waals surface area contributed by atoms with Crippen LogP contribution in [0.5, 0.6) is 0 Å². The van der Waals surface area contributed by atoms with E-state index in [1.165, 1.54) is 0 Å². The number of rotatable bonds is 0. The summed E-state index contributed by atoms with van der Waals surface area (Å²) in [6.45, 7) is 0.746. The Bertz CT molecular complexity index is 97.0. The molecule has 3 heteroatoms. The van der Waals surface area contributed by atoms with E-state index in [4.69, 9.17) is 4.74 Å². The van der Waals surface area contributed by atoms with Gasteiger partial charge in [-0.2, -0.15) is 0 Å². The maximum absolute atomic E-state index is 4.79. The van der Waals surface area contributed by atoms with Crippen LogP contribution in [-0.2, 0) is 4.74 Å². The quantitative estimate of drug-likeness (QED) is 0.466. The van der Waals surface area contributed by atoms with Crippen LogP contribution in [0.4, 0.5) is 0 Å². The predicted molar refractivity (Wildman–Crippen MR) is 30.5 cm³/mol. The summed E-state index contributed by atoms with van der Waals surface area (Å²) in [5.41, 5.74) is 0. The Morgan fingerprint density at radius 2 is 1.75 bits per heavy atom. The fourth-order valence-corrected chi connectivity index (χ4v) is 0.397. The van der Waals surface area contributed by atoms with Crippen molar-refractivity contribution in [1.82, 2.24) is 10.6 Å². The summed E-state index contributed by atoms with van der Waals surface area (Å²) < 4.78 is 4.79. The summed E-state index contributed by atoms with van der Waals surface area (Å²) in [5.74, 6) is 0.